The van der Waals surface area contributed by atoms with E-state index in [0.29, 0.717) is 37.4 Å². The van der Waals surface area contributed by atoms with Crippen molar-refractivity contribution in [2.24, 2.45) is 4.99 Å². The molecule has 0 amide bonds. The Morgan fingerprint density at radius 3 is 2.75 bits per heavy atom. The third-order valence-electron chi connectivity index (χ3n) is 4.95. The van der Waals surface area contributed by atoms with E-state index in [9.17, 15) is 0 Å². The highest BCUT2D eigenvalue weighted by atomic mass is 127. The average molecular weight is 557 g/mol. The van der Waals surface area contributed by atoms with Gasteiger partial charge in [-0.15, -0.1) is 24.0 Å². The predicted molar refractivity (Wildman–Crippen MR) is 136 cm³/mol. The van der Waals surface area contributed by atoms with Crippen molar-refractivity contribution in [3.05, 3.63) is 41.0 Å². The van der Waals surface area contributed by atoms with Gasteiger partial charge in [0.05, 0.1) is 19.2 Å². The summed E-state index contributed by atoms with van der Waals surface area (Å²) in [6.07, 6.45) is 2.35. The van der Waals surface area contributed by atoms with Crippen LogP contribution in [0.1, 0.15) is 63.4 Å². The molecule has 2 aromatic rings. The molecule has 2 N–H and O–H groups in total. The number of benzene rings is 1. The van der Waals surface area contributed by atoms with E-state index < -0.39 is 0 Å². The summed E-state index contributed by atoms with van der Waals surface area (Å²) in [6, 6.07) is 6.22. The van der Waals surface area contributed by atoms with Crippen LogP contribution in [-0.2, 0) is 23.2 Å². The Morgan fingerprint density at radius 1 is 1.28 bits per heavy atom. The van der Waals surface area contributed by atoms with Crippen molar-refractivity contribution in [3.8, 4) is 5.75 Å². The molecule has 1 atom stereocenters. The molecule has 8 nitrogen and oxygen atoms in total. The van der Waals surface area contributed by atoms with Crippen LogP contribution in [0.2, 0.25) is 0 Å². The van der Waals surface area contributed by atoms with Crippen LogP contribution in [0, 0.1) is 6.92 Å². The molecule has 0 aliphatic carbocycles. The first-order chi connectivity index (χ1) is 14.8. The van der Waals surface area contributed by atoms with Gasteiger partial charge in [0, 0.05) is 24.1 Å². The summed E-state index contributed by atoms with van der Waals surface area (Å²) < 4.78 is 17.1. The molecular formula is C23H36IN5O3. The first kappa shape index (κ1) is 26.4. The summed E-state index contributed by atoms with van der Waals surface area (Å²) in [6.45, 7) is 13.3. The van der Waals surface area contributed by atoms with E-state index in [1.54, 1.807) is 0 Å². The van der Waals surface area contributed by atoms with Gasteiger partial charge in [-0.2, -0.15) is 4.98 Å². The van der Waals surface area contributed by atoms with Gasteiger partial charge in [-0.05, 0) is 38.3 Å². The minimum absolute atomic E-state index is 0. The van der Waals surface area contributed by atoms with Crippen molar-refractivity contribution in [2.45, 2.75) is 72.1 Å². The van der Waals surface area contributed by atoms with Crippen LogP contribution in [0.3, 0.4) is 0 Å². The van der Waals surface area contributed by atoms with E-state index in [1.807, 2.05) is 27.7 Å². The summed E-state index contributed by atoms with van der Waals surface area (Å²) in [7, 11) is 0. The quantitative estimate of drug-likeness (QED) is 0.287. The average Bonchev–Trinajstić information content (AvgIpc) is 3.41. The fourth-order valence-corrected chi connectivity index (χ4v) is 3.18. The normalized spacial score (nSPS) is 16.5. The Balaban J connectivity index is 0.00000363. The molecule has 1 aliphatic rings. The Kier molecular flexibility index (Phi) is 10.2. The number of ether oxygens (including phenoxy) is 2. The Bertz CT molecular complexity index is 873. The summed E-state index contributed by atoms with van der Waals surface area (Å²) in [5.41, 5.74) is 2.03. The summed E-state index contributed by atoms with van der Waals surface area (Å²) >= 11 is 0. The fourth-order valence-electron chi connectivity index (χ4n) is 3.18. The number of rotatable bonds is 8. The molecule has 0 spiro atoms. The van der Waals surface area contributed by atoms with E-state index in [4.69, 9.17) is 19.0 Å². The monoisotopic (exact) mass is 557 g/mol. The molecule has 2 heterocycles. The zero-order valence-electron chi connectivity index (χ0n) is 19.7. The number of nitrogens with one attached hydrogen (secondary N) is 2. The number of hydrogen-bond donors (Lipinski definition) is 2. The highest BCUT2D eigenvalue weighted by Gasteiger charge is 2.21. The Labute approximate surface area is 208 Å². The highest BCUT2D eigenvalue weighted by Crippen LogP contribution is 2.23. The van der Waals surface area contributed by atoms with Crippen molar-refractivity contribution >= 4 is 29.9 Å². The lowest BCUT2D eigenvalue weighted by atomic mass is 9.97. The molecule has 1 fully saturated rings. The van der Waals surface area contributed by atoms with Crippen LogP contribution < -0.4 is 15.4 Å². The summed E-state index contributed by atoms with van der Waals surface area (Å²) in [5, 5.41) is 10.6. The second-order valence-electron chi connectivity index (χ2n) is 8.87. The third-order valence-corrected chi connectivity index (χ3v) is 4.95. The zero-order chi connectivity index (χ0) is 22.3. The first-order valence-corrected chi connectivity index (χ1v) is 11.0. The van der Waals surface area contributed by atoms with Gasteiger partial charge in [0.2, 0.25) is 5.89 Å². The van der Waals surface area contributed by atoms with E-state index in [1.165, 1.54) is 0 Å². The summed E-state index contributed by atoms with van der Waals surface area (Å²) in [4.78, 5) is 9.18. The first-order valence-electron chi connectivity index (χ1n) is 11.0. The minimum atomic E-state index is -0.171. The van der Waals surface area contributed by atoms with Crippen molar-refractivity contribution in [3.63, 3.8) is 0 Å². The van der Waals surface area contributed by atoms with Gasteiger partial charge in [0.15, 0.2) is 11.8 Å². The largest absolute Gasteiger partial charge is 0.491 e. The highest BCUT2D eigenvalue weighted by molar-refractivity contribution is 14.0. The van der Waals surface area contributed by atoms with Crippen LogP contribution in [0.5, 0.6) is 5.75 Å². The molecule has 3 rings (SSSR count). The molecular weight excluding hydrogens is 521 g/mol. The fraction of sp³-hybridized carbons (Fsp3) is 0.609. The molecule has 0 radical (unpaired) electrons. The second-order valence-corrected chi connectivity index (χ2v) is 8.87. The molecule has 1 saturated heterocycles. The van der Waals surface area contributed by atoms with Crippen LogP contribution >= 0.6 is 24.0 Å². The second kappa shape index (κ2) is 12.4. The van der Waals surface area contributed by atoms with E-state index in [-0.39, 0.29) is 35.5 Å². The molecule has 178 valence electrons. The molecule has 0 bridgehead atoms. The van der Waals surface area contributed by atoms with Gasteiger partial charge in [0.25, 0.3) is 0 Å². The molecule has 0 saturated carbocycles. The number of aliphatic imine (C=N–C) groups is 1. The lowest BCUT2D eigenvalue weighted by Gasteiger charge is -2.15. The van der Waals surface area contributed by atoms with Crippen molar-refractivity contribution < 1.29 is 14.0 Å². The standard InChI is InChI=1S/C23H35N5O3.HI/c1-6-24-22(26-14-20-27-21(31-28-20)23(3,4)5)25-13-17-10-9-16(2)12-19(17)30-15-18-8-7-11-29-18;/h9-10,12,18H,6-8,11,13-15H2,1-5H3,(H2,24,25,26);1H. The van der Waals surface area contributed by atoms with E-state index >= 15 is 0 Å². The number of aromatic nitrogens is 2. The van der Waals surface area contributed by atoms with Gasteiger partial charge in [-0.3, -0.25) is 0 Å². The topological polar surface area (TPSA) is 93.8 Å². The van der Waals surface area contributed by atoms with Crippen molar-refractivity contribution in [2.75, 3.05) is 19.8 Å². The third kappa shape index (κ3) is 7.91. The van der Waals surface area contributed by atoms with Gasteiger partial charge in [-0.1, -0.05) is 38.1 Å². The molecule has 1 aliphatic heterocycles. The molecule has 1 aromatic heterocycles. The lowest BCUT2D eigenvalue weighted by molar-refractivity contribution is 0.0676. The van der Waals surface area contributed by atoms with Crippen LogP contribution in [0.15, 0.2) is 27.7 Å². The van der Waals surface area contributed by atoms with Gasteiger partial charge >= 0.3 is 0 Å². The lowest BCUT2D eigenvalue weighted by Crippen LogP contribution is -2.37. The SMILES string of the molecule is CCNC(=NCc1ccc(C)cc1OCC1CCCO1)NCc1noc(C(C)(C)C)n1.I. The number of hydrogen-bond acceptors (Lipinski definition) is 6. The minimum Gasteiger partial charge on any atom is -0.491 e. The molecule has 1 unspecified atom stereocenters. The van der Waals surface area contributed by atoms with E-state index in [0.717, 1.165) is 42.9 Å². The van der Waals surface area contributed by atoms with Gasteiger partial charge < -0.3 is 24.6 Å². The number of aryl methyl sites for hydroxylation is 1. The van der Waals surface area contributed by atoms with Crippen molar-refractivity contribution in [1.82, 2.24) is 20.8 Å². The van der Waals surface area contributed by atoms with Gasteiger partial charge in [0.1, 0.15) is 12.4 Å². The zero-order valence-corrected chi connectivity index (χ0v) is 22.1. The number of halogens is 1. The number of guanidine groups is 1. The Morgan fingerprint density at radius 2 is 2.09 bits per heavy atom. The van der Waals surface area contributed by atoms with Crippen LogP contribution in [0.25, 0.3) is 0 Å². The molecule has 1 aromatic carbocycles. The molecule has 32 heavy (non-hydrogen) atoms. The number of nitrogens with zero attached hydrogens (tertiary/aromatic N) is 3. The van der Waals surface area contributed by atoms with Gasteiger partial charge in [-0.25, -0.2) is 4.99 Å². The smallest absolute Gasteiger partial charge is 0.232 e. The van der Waals surface area contributed by atoms with Crippen LogP contribution in [-0.4, -0.2) is 42.0 Å². The van der Waals surface area contributed by atoms with E-state index in [2.05, 4.69) is 45.9 Å². The Hall–Kier alpha value is -1.88. The van der Waals surface area contributed by atoms with Crippen LogP contribution in [0.4, 0.5) is 0 Å². The maximum Gasteiger partial charge on any atom is 0.232 e. The maximum absolute atomic E-state index is 6.09. The maximum atomic E-state index is 6.09. The summed E-state index contributed by atoms with van der Waals surface area (Å²) in [5.74, 6) is 2.78. The van der Waals surface area contributed by atoms with Crippen molar-refractivity contribution in [1.29, 1.82) is 0 Å². The molecule has 9 heteroatoms. The predicted octanol–water partition coefficient (Wildman–Crippen LogP) is 4.11.